The number of hydrogen-bond acceptors (Lipinski definition) is 4. The summed E-state index contributed by atoms with van der Waals surface area (Å²) in [6, 6.07) is 0. The van der Waals surface area contributed by atoms with Crippen molar-refractivity contribution in [3.63, 3.8) is 0 Å². The largest absolute Gasteiger partial charge is 0.369 e. The quantitative estimate of drug-likeness (QED) is 0.590. The van der Waals surface area contributed by atoms with Gasteiger partial charge in [0.1, 0.15) is 0 Å². The molecule has 0 saturated carbocycles. The van der Waals surface area contributed by atoms with E-state index in [0.29, 0.717) is 0 Å². The van der Waals surface area contributed by atoms with Crippen LogP contribution in [0.5, 0.6) is 0 Å². The van der Waals surface area contributed by atoms with E-state index in [2.05, 4.69) is 0 Å². The van der Waals surface area contributed by atoms with Gasteiger partial charge in [0.15, 0.2) is 0 Å². The molecular formula is C10H19N3O3. The summed E-state index contributed by atoms with van der Waals surface area (Å²) in [7, 11) is 0. The maximum atomic E-state index is 11.4. The number of hydroxylamine groups is 2. The van der Waals surface area contributed by atoms with Crippen LogP contribution < -0.4 is 11.5 Å². The van der Waals surface area contributed by atoms with Gasteiger partial charge < -0.3 is 16.7 Å². The molecule has 0 unspecified atom stereocenters. The van der Waals surface area contributed by atoms with E-state index in [4.69, 9.17) is 11.5 Å². The molecule has 0 aliphatic carbocycles. The fourth-order valence-electron chi connectivity index (χ4n) is 2.85. The second-order valence-electron chi connectivity index (χ2n) is 5.38. The van der Waals surface area contributed by atoms with E-state index in [-0.39, 0.29) is 0 Å². The Morgan fingerprint density at radius 2 is 1.25 bits per heavy atom. The Kier molecular flexibility index (Phi) is 2.77. The first-order chi connectivity index (χ1) is 7.04. The van der Waals surface area contributed by atoms with Crippen LogP contribution in [-0.2, 0) is 9.59 Å². The first kappa shape index (κ1) is 12.9. The minimum absolute atomic E-state index is 0.626. The molecule has 0 radical (unpaired) electrons. The molecule has 2 amide bonds. The van der Waals surface area contributed by atoms with E-state index in [1.54, 1.807) is 27.7 Å². The first-order valence-electron chi connectivity index (χ1n) is 5.12. The third-order valence-corrected chi connectivity index (χ3v) is 3.56. The van der Waals surface area contributed by atoms with Gasteiger partial charge in [-0.15, -0.1) is 0 Å². The lowest BCUT2D eigenvalue weighted by atomic mass is 9.76. The third-order valence-electron chi connectivity index (χ3n) is 3.56. The van der Waals surface area contributed by atoms with Crippen molar-refractivity contribution in [3.8, 4) is 0 Å². The van der Waals surface area contributed by atoms with Crippen molar-refractivity contribution in [2.24, 2.45) is 23.3 Å². The summed E-state index contributed by atoms with van der Waals surface area (Å²) in [5, 5.41) is 11.0. The topological polar surface area (TPSA) is 110 Å². The van der Waals surface area contributed by atoms with Gasteiger partial charge in [-0.25, -0.2) is 0 Å². The number of carbonyl (C=O) groups excluding carboxylic acids is 2. The van der Waals surface area contributed by atoms with Crippen LogP contribution >= 0.6 is 0 Å². The van der Waals surface area contributed by atoms with Gasteiger partial charge >= 0.3 is 0 Å². The zero-order valence-electron chi connectivity index (χ0n) is 10.0. The molecular weight excluding hydrogens is 210 g/mol. The molecule has 0 spiro atoms. The predicted molar refractivity (Wildman–Crippen MR) is 57.2 cm³/mol. The van der Waals surface area contributed by atoms with Gasteiger partial charge in [0.25, 0.3) is 0 Å². The number of carbonyl (C=O) groups is 2. The molecule has 1 rings (SSSR count). The van der Waals surface area contributed by atoms with E-state index in [1.165, 1.54) is 0 Å². The van der Waals surface area contributed by atoms with Gasteiger partial charge in [-0.2, -0.15) is 5.06 Å². The van der Waals surface area contributed by atoms with Crippen molar-refractivity contribution in [1.29, 1.82) is 0 Å². The van der Waals surface area contributed by atoms with Gasteiger partial charge in [-0.05, 0) is 27.7 Å². The lowest BCUT2D eigenvalue weighted by molar-refractivity contribution is -0.200. The van der Waals surface area contributed by atoms with E-state index >= 15 is 0 Å². The highest BCUT2D eigenvalue weighted by Gasteiger charge is 2.62. The number of hydrogen-bond donors (Lipinski definition) is 3. The summed E-state index contributed by atoms with van der Waals surface area (Å²) in [6.07, 6.45) is 0. The summed E-state index contributed by atoms with van der Waals surface area (Å²) >= 11 is 0. The van der Waals surface area contributed by atoms with Crippen LogP contribution in [0.1, 0.15) is 27.7 Å². The van der Waals surface area contributed by atoms with E-state index in [9.17, 15) is 14.8 Å². The third kappa shape index (κ3) is 1.49. The van der Waals surface area contributed by atoms with Gasteiger partial charge in [-0.1, -0.05) is 0 Å². The van der Waals surface area contributed by atoms with Crippen molar-refractivity contribution in [2.45, 2.75) is 38.8 Å². The van der Waals surface area contributed by atoms with Crippen LogP contribution in [0, 0.1) is 11.8 Å². The predicted octanol–water partition coefficient (Wildman–Crippen LogP) is -0.549. The Bertz CT molecular complexity index is 306. The van der Waals surface area contributed by atoms with Gasteiger partial charge in [0.2, 0.25) is 11.8 Å². The molecule has 1 aliphatic rings. The molecule has 6 heteroatoms. The summed E-state index contributed by atoms with van der Waals surface area (Å²) in [5.41, 5.74) is 8.79. The van der Waals surface area contributed by atoms with Gasteiger partial charge in [0.05, 0.1) is 22.9 Å². The normalized spacial score (nSPS) is 32.6. The monoisotopic (exact) mass is 229 g/mol. The van der Waals surface area contributed by atoms with Crippen LogP contribution in [0.15, 0.2) is 0 Å². The average molecular weight is 229 g/mol. The van der Waals surface area contributed by atoms with Gasteiger partial charge in [-0.3, -0.25) is 9.59 Å². The van der Waals surface area contributed by atoms with Crippen LogP contribution in [-0.4, -0.2) is 33.2 Å². The Morgan fingerprint density at radius 1 is 1.00 bits per heavy atom. The van der Waals surface area contributed by atoms with Gasteiger partial charge in [0, 0.05) is 0 Å². The number of amides is 2. The van der Waals surface area contributed by atoms with Crippen LogP contribution in [0.3, 0.4) is 0 Å². The minimum atomic E-state index is -0.908. The van der Waals surface area contributed by atoms with Crippen LogP contribution in [0.2, 0.25) is 0 Å². The second kappa shape index (κ2) is 3.43. The molecule has 1 aliphatic heterocycles. The number of nitrogens with zero attached hydrogens (tertiary/aromatic N) is 1. The van der Waals surface area contributed by atoms with Crippen molar-refractivity contribution < 1.29 is 14.8 Å². The molecule has 5 N–H and O–H groups in total. The Morgan fingerprint density at radius 3 is 1.44 bits per heavy atom. The molecule has 0 aromatic carbocycles. The van der Waals surface area contributed by atoms with E-state index in [0.717, 1.165) is 5.06 Å². The Balaban J connectivity index is 3.34. The highest BCUT2D eigenvalue weighted by atomic mass is 16.5. The zero-order valence-corrected chi connectivity index (χ0v) is 10.0. The molecule has 16 heavy (non-hydrogen) atoms. The molecule has 1 heterocycles. The molecule has 6 nitrogen and oxygen atoms in total. The Hall–Kier alpha value is -1.14. The highest BCUT2D eigenvalue weighted by molar-refractivity contribution is 5.89. The molecule has 0 bridgehead atoms. The Labute approximate surface area is 94.5 Å². The molecule has 2 atom stereocenters. The van der Waals surface area contributed by atoms with Crippen LogP contribution in [0.4, 0.5) is 0 Å². The lowest BCUT2D eigenvalue weighted by Gasteiger charge is -2.35. The standard InChI is InChI=1S/C10H19N3O3/c1-9(2)5(7(11)14)6(8(12)15)10(3,4)13(9)16/h5-6,16H,1-4H3,(H2,11,14)(H2,12,15)/t5-,6-/m0/s1. The van der Waals surface area contributed by atoms with E-state index in [1.807, 2.05) is 0 Å². The molecule has 0 aromatic heterocycles. The lowest BCUT2D eigenvalue weighted by Crippen LogP contribution is -2.49. The molecule has 1 fully saturated rings. The number of rotatable bonds is 2. The maximum absolute atomic E-state index is 11.4. The molecule has 0 aromatic rings. The fraction of sp³-hybridized carbons (Fsp3) is 0.800. The second-order valence-corrected chi connectivity index (χ2v) is 5.38. The summed E-state index contributed by atoms with van der Waals surface area (Å²) in [6.45, 7) is 6.64. The SMILES string of the molecule is CC1(C)[C@H](C(N)=O)[C@@H](C(N)=O)C(C)(C)N1O. The average Bonchev–Trinajstić information content (AvgIpc) is 2.23. The summed E-state index contributed by atoms with van der Waals surface area (Å²) in [5.74, 6) is -2.85. The minimum Gasteiger partial charge on any atom is -0.369 e. The van der Waals surface area contributed by atoms with Crippen molar-refractivity contribution >= 4 is 11.8 Å². The number of primary amides is 2. The van der Waals surface area contributed by atoms with E-state index < -0.39 is 34.7 Å². The van der Waals surface area contributed by atoms with Crippen molar-refractivity contribution in [1.82, 2.24) is 5.06 Å². The molecule has 1 saturated heterocycles. The summed E-state index contributed by atoms with van der Waals surface area (Å²) < 4.78 is 0. The number of nitrogens with two attached hydrogens (primary N) is 2. The fourth-order valence-corrected chi connectivity index (χ4v) is 2.85. The zero-order chi connectivity index (χ0) is 12.9. The highest BCUT2D eigenvalue weighted by Crippen LogP contribution is 2.47. The summed E-state index contributed by atoms with van der Waals surface area (Å²) in [4.78, 5) is 22.9. The maximum Gasteiger partial charge on any atom is 0.223 e. The molecule has 92 valence electrons. The van der Waals surface area contributed by atoms with Crippen LogP contribution in [0.25, 0.3) is 0 Å². The van der Waals surface area contributed by atoms with Crippen molar-refractivity contribution in [3.05, 3.63) is 0 Å². The smallest absolute Gasteiger partial charge is 0.223 e. The first-order valence-corrected chi connectivity index (χ1v) is 5.12. The van der Waals surface area contributed by atoms with Crippen molar-refractivity contribution in [2.75, 3.05) is 0 Å².